The highest BCUT2D eigenvalue weighted by molar-refractivity contribution is 6.13. The zero-order valence-corrected chi connectivity index (χ0v) is 13.2. The van der Waals surface area contributed by atoms with Crippen LogP contribution < -0.4 is 4.74 Å². The van der Waals surface area contributed by atoms with Gasteiger partial charge < -0.3 is 4.74 Å². The molecule has 0 bridgehead atoms. The van der Waals surface area contributed by atoms with Crippen molar-refractivity contribution >= 4 is 18.6 Å². The number of aliphatic imine (C=N–C) groups is 2. The van der Waals surface area contributed by atoms with Crippen molar-refractivity contribution in [1.82, 2.24) is 0 Å². The number of hydrogen-bond donors (Lipinski definition) is 1. The lowest BCUT2D eigenvalue weighted by molar-refractivity contribution is 0.482. The Kier molecular flexibility index (Phi) is 5.76. The van der Waals surface area contributed by atoms with Gasteiger partial charge in [-0.2, -0.15) is 5.26 Å². The van der Waals surface area contributed by atoms with Gasteiger partial charge in [-0.05, 0) is 50.0 Å². The molecule has 1 N–H and O–H groups in total. The van der Waals surface area contributed by atoms with Gasteiger partial charge in [0.25, 0.3) is 0 Å². The van der Waals surface area contributed by atoms with Gasteiger partial charge in [0, 0.05) is 11.8 Å². The van der Waals surface area contributed by atoms with E-state index >= 15 is 0 Å². The lowest BCUT2D eigenvalue weighted by Gasteiger charge is -2.08. The third-order valence-corrected chi connectivity index (χ3v) is 3.11. The molecule has 0 aliphatic heterocycles. The first-order valence-electron chi connectivity index (χ1n) is 7.21. The number of benzene rings is 2. The fourth-order valence-electron chi connectivity index (χ4n) is 1.98. The van der Waals surface area contributed by atoms with Crippen LogP contribution in [0.25, 0.3) is 0 Å². The second-order valence-corrected chi connectivity index (χ2v) is 4.67. The Balaban J connectivity index is 2.25. The smallest absolute Gasteiger partial charge is 0.171 e. The van der Waals surface area contributed by atoms with Crippen LogP contribution in [-0.2, 0) is 0 Å². The summed E-state index contributed by atoms with van der Waals surface area (Å²) in [5.74, 6) is 1.51. The summed E-state index contributed by atoms with van der Waals surface area (Å²) in [5.41, 5.74) is 0.677. The summed E-state index contributed by atoms with van der Waals surface area (Å²) in [4.78, 5) is 7.68. The predicted molar refractivity (Wildman–Crippen MR) is 96.1 cm³/mol. The summed E-state index contributed by atoms with van der Waals surface area (Å²) >= 11 is 0. The SMILES string of the molecule is C=N/C(N=CC)=C(\C#N)C(=N)c1ccc(Oc2ccccc2)cc1. The Morgan fingerprint density at radius 3 is 2.29 bits per heavy atom. The number of allylic oxidation sites excluding steroid dienone is 1. The minimum absolute atomic E-state index is 0.0387. The first-order chi connectivity index (χ1) is 11.7. The van der Waals surface area contributed by atoms with E-state index in [1.807, 2.05) is 36.4 Å². The molecule has 0 heterocycles. The third-order valence-electron chi connectivity index (χ3n) is 3.11. The van der Waals surface area contributed by atoms with E-state index in [1.54, 1.807) is 31.2 Å². The zero-order chi connectivity index (χ0) is 17.4. The number of hydrogen-bond acceptors (Lipinski definition) is 5. The van der Waals surface area contributed by atoms with Gasteiger partial charge in [0.1, 0.15) is 23.1 Å². The number of ether oxygens (including phenoxy) is 1. The minimum Gasteiger partial charge on any atom is -0.457 e. The van der Waals surface area contributed by atoms with Crippen molar-refractivity contribution in [1.29, 1.82) is 10.7 Å². The van der Waals surface area contributed by atoms with Crippen LogP contribution in [0.3, 0.4) is 0 Å². The van der Waals surface area contributed by atoms with Crippen LogP contribution in [0, 0.1) is 16.7 Å². The van der Waals surface area contributed by atoms with E-state index in [-0.39, 0.29) is 17.1 Å². The molecule has 0 saturated carbocycles. The molecule has 2 aromatic carbocycles. The van der Waals surface area contributed by atoms with E-state index in [4.69, 9.17) is 10.1 Å². The quantitative estimate of drug-likeness (QED) is 0.634. The second kappa shape index (κ2) is 8.20. The third kappa shape index (κ3) is 4.02. The van der Waals surface area contributed by atoms with Crippen LogP contribution in [-0.4, -0.2) is 18.6 Å². The fourth-order valence-corrected chi connectivity index (χ4v) is 1.98. The van der Waals surface area contributed by atoms with E-state index in [2.05, 4.69) is 16.7 Å². The molecule has 24 heavy (non-hydrogen) atoms. The van der Waals surface area contributed by atoms with Crippen LogP contribution >= 0.6 is 0 Å². The van der Waals surface area contributed by atoms with Crippen molar-refractivity contribution in [2.75, 3.05) is 0 Å². The van der Waals surface area contributed by atoms with Crippen molar-refractivity contribution in [2.24, 2.45) is 9.98 Å². The largest absolute Gasteiger partial charge is 0.457 e. The molecule has 0 amide bonds. The van der Waals surface area contributed by atoms with Crippen LogP contribution in [0.2, 0.25) is 0 Å². The monoisotopic (exact) mass is 316 g/mol. The summed E-state index contributed by atoms with van der Waals surface area (Å²) in [6.07, 6.45) is 1.51. The van der Waals surface area contributed by atoms with Crippen molar-refractivity contribution in [3.8, 4) is 17.6 Å². The van der Waals surface area contributed by atoms with Gasteiger partial charge in [-0.15, -0.1) is 0 Å². The topological polar surface area (TPSA) is 81.6 Å². The van der Waals surface area contributed by atoms with Gasteiger partial charge in [-0.25, -0.2) is 9.98 Å². The Morgan fingerprint density at radius 1 is 1.12 bits per heavy atom. The lowest BCUT2D eigenvalue weighted by Crippen LogP contribution is -2.04. The minimum atomic E-state index is 0.0387. The first-order valence-corrected chi connectivity index (χ1v) is 7.21. The molecule has 118 valence electrons. The molecule has 0 spiro atoms. The number of para-hydroxylation sites is 1. The van der Waals surface area contributed by atoms with Gasteiger partial charge in [0.05, 0.1) is 5.71 Å². The number of nitriles is 1. The second-order valence-electron chi connectivity index (χ2n) is 4.67. The van der Waals surface area contributed by atoms with Crippen LogP contribution in [0.15, 0.2) is 76.0 Å². The molecule has 0 atom stereocenters. The van der Waals surface area contributed by atoms with Gasteiger partial charge in [-0.1, -0.05) is 18.2 Å². The Morgan fingerprint density at radius 2 is 1.75 bits per heavy atom. The standard InChI is InChI=1S/C19H16N4O/c1-3-23-19(22-2)17(13-20)18(21)14-9-11-16(12-10-14)24-15-7-5-4-6-8-15/h3-12,21H,2H2,1H3/b19-17-,21-18?,23-3?. The number of nitrogens with one attached hydrogen (secondary N) is 1. The molecule has 5 nitrogen and oxygen atoms in total. The summed E-state index contributed by atoms with van der Waals surface area (Å²) in [5, 5.41) is 17.5. The van der Waals surface area contributed by atoms with E-state index < -0.39 is 0 Å². The molecule has 2 rings (SSSR count). The van der Waals surface area contributed by atoms with Gasteiger partial charge in [0.15, 0.2) is 5.82 Å². The molecule has 0 unspecified atom stereocenters. The Labute approximate surface area is 140 Å². The van der Waals surface area contributed by atoms with E-state index in [0.717, 1.165) is 5.75 Å². The van der Waals surface area contributed by atoms with Crippen LogP contribution in [0.4, 0.5) is 0 Å². The molecule has 0 radical (unpaired) electrons. The molecule has 0 aliphatic rings. The van der Waals surface area contributed by atoms with Gasteiger partial charge >= 0.3 is 0 Å². The first kappa shape index (κ1) is 16.8. The van der Waals surface area contributed by atoms with Crippen molar-refractivity contribution in [3.63, 3.8) is 0 Å². The fraction of sp³-hybridized carbons (Fsp3) is 0.0526. The van der Waals surface area contributed by atoms with Crippen LogP contribution in [0.5, 0.6) is 11.5 Å². The predicted octanol–water partition coefficient (Wildman–Crippen LogP) is 4.37. The highest BCUT2D eigenvalue weighted by Crippen LogP contribution is 2.22. The zero-order valence-electron chi connectivity index (χ0n) is 13.2. The van der Waals surface area contributed by atoms with Gasteiger partial charge in [-0.3, -0.25) is 5.41 Å². The van der Waals surface area contributed by atoms with E-state index in [1.165, 1.54) is 6.21 Å². The van der Waals surface area contributed by atoms with E-state index in [9.17, 15) is 5.26 Å². The van der Waals surface area contributed by atoms with Gasteiger partial charge in [0.2, 0.25) is 0 Å². The Hall–Kier alpha value is -3.52. The Bertz CT molecular complexity index is 828. The number of rotatable bonds is 6. The molecule has 0 aromatic heterocycles. The average Bonchev–Trinajstić information content (AvgIpc) is 2.63. The van der Waals surface area contributed by atoms with E-state index in [0.29, 0.717) is 11.3 Å². The maximum absolute atomic E-state index is 9.30. The highest BCUT2D eigenvalue weighted by atomic mass is 16.5. The highest BCUT2D eigenvalue weighted by Gasteiger charge is 2.13. The number of nitrogens with zero attached hydrogens (tertiary/aromatic N) is 3. The molecule has 5 heteroatoms. The van der Waals surface area contributed by atoms with Crippen molar-refractivity contribution in [2.45, 2.75) is 6.92 Å². The summed E-state index contributed by atoms with van der Waals surface area (Å²) in [6, 6.07) is 18.3. The molecular formula is C19H16N4O. The molecule has 2 aromatic rings. The normalized spacial score (nSPS) is 11.5. The molecular weight excluding hydrogens is 300 g/mol. The maximum atomic E-state index is 9.30. The molecule has 0 saturated heterocycles. The summed E-state index contributed by atoms with van der Waals surface area (Å²) in [7, 11) is 0. The molecule has 0 fully saturated rings. The average molecular weight is 316 g/mol. The molecule has 0 aliphatic carbocycles. The lowest BCUT2D eigenvalue weighted by atomic mass is 10.0. The summed E-state index contributed by atoms with van der Waals surface area (Å²) < 4.78 is 5.71. The van der Waals surface area contributed by atoms with Crippen molar-refractivity contribution < 1.29 is 4.74 Å². The summed E-state index contributed by atoms with van der Waals surface area (Å²) in [6.45, 7) is 5.10. The van der Waals surface area contributed by atoms with Crippen molar-refractivity contribution in [3.05, 3.63) is 71.6 Å². The maximum Gasteiger partial charge on any atom is 0.171 e. The van der Waals surface area contributed by atoms with Crippen LogP contribution in [0.1, 0.15) is 12.5 Å².